The second-order valence-electron chi connectivity index (χ2n) is 4.54. The molecule has 16 heavy (non-hydrogen) atoms. The highest BCUT2D eigenvalue weighted by atomic mass is 15.3. The number of hydrogen-bond acceptors (Lipinski definition) is 3. The van der Waals surface area contributed by atoms with Gasteiger partial charge in [-0.2, -0.15) is 0 Å². The molecule has 1 unspecified atom stereocenters. The van der Waals surface area contributed by atoms with Crippen molar-refractivity contribution in [3.05, 3.63) is 11.9 Å². The lowest BCUT2D eigenvalue weighted by molar-refractivity contribution is 0.442. The number of anilines is 1. The molecule has 1 aliphatic heterocycles. The van der Waals surface area contributed by atoms with Crippen LogP contribution in [0, 0.1) is 6.92 Å². The zero-order chi connectivity index (χ0) is 11.5. The Morgan fingerprint density at radius 2 is 2.38 bits per heavy atom. The molecule has 1 saturated heterocycles. The molecule has 90 valence electrons. The molecular formula is C12H22N4. The van der Waals surface area contributed by atoms with Crippen LogP contribution in [0.15, 0.2) is 6.20 Å². The highest BCUT2D eigenvalue weighted by Crippen LogP contribution is 2.19. The predicted molar refractivity (Wildman–Crippen MR) is 66.9 cm³/mol. The van der Waals surface area contributed by atoms with E-state index in [1.165, 1.54) is 12.8 Å². The Morgan fingerprint density at radius 3 is 3.06 bits per heavy atom. The highest BCUT2D eigenvalue weighted by Gasteiger charge is 2.21. The van der Waals surface area contributed by atoms with Crippen molar-refractivity contribution in [1.29, 1.82) is 0 Å². The monoisotopic (exact) mass is 222 g/mol. The zero-order valence-electron chi connectivity index (χ0n) is 10.5. The van der Waals surface area contributed by atoms with Crippen LogP contribution in [-0.2, 0) is 6.54 Å². The SMILES string of the molecule is CCn1cc(C)nc1N1CCCC(NC)C1. The maximum atomic E-state index is 4.63. The summed E-state index contributed by atoms with van der Waals surface area (Å²) in [5.41, 5.74) is 1.11. The van der Waals surface area contributed by atoms with Crippen LogP contribution in [0.2, 0.25) is 0 Å². The lowest BCUT2D eigenvalue weighted by Gasteiger charge is -2.33. The molecule has 4 heteroatoms. The lowest BCUT2D eigenvalue weighted by atomic mass is 10.1. The van der Waals surface area contributed by atoms with E-state index in [2.05, 4.69) is 39.8 Å². The Hall–Kier alpha value is -1.03. The molecule has 1 aromatic heterocycles. The maximum Gasteiger partial charge on any atom is 0.205 e. The van der Waals surface area contributed by atoms with Gasteiger partial charge in [0, 0.05) is 31.9 Å². The summed E-state index contributed by atoms with van der Waals surface area (Å²) in [4.78, 5) is 7.04. The van der Waals surface area contributed by atoms with Crippen molar-refractivity contribution in [2.45, 2.75) is 39.3 Å². The quantitative estimate of drug-likeness (QED) is 0.839. The first-order valence-electron chi connectivity index (χ1n) is 6.20. The minimum absolute atomic E-state index is 0.607. The van der Waals surface area contributed by atoms with Gasteiger partial charge >= 0.3 is 0 Å². The van der Waals surface area contributed by atoms with Gasteiger partial charge in [0.15, 0.2) is 0 Å². The van der Waals surface area contributed by atoms with Gasteiger partial charge in [0.2, 0.25) is 5.95 Å². The summed E-state index contributed by atoms with van der Waals surface area (Å²) >= 11 is 0. The summed E-state index contributed by atoms with van der Waals surface area (Å²) in [6.07, 6.45) is 4.66. The average molecular weight is 222 g/mol. The molecule has 1 aromatic rings. The third kappa shape index (κ3) is 2.21. The summed E-state index contributed by atoms with van der Waals surface area (Å²) in [7, 11) is 2.05. The highest BCUT2D eigenvalue weighted by molar-refractivity contribution is 5.34. The Balaban J connectivity index is 2.15. The van der Waals surface area contributed by atoms with Crippen LogP contribution in [0.3, 0.4) is 0 Å². The number of likely N-dealkylation sites (N-methyl/N-ethyl adjacent to an activating group) is 1. The van der Waals surface area contributed by atoms with E-state index >= 15 is 0 Å². The van der Waals surface area contributed by atoms with Gasteiger partial charge in [0.05, 0.1) is 5.69 Å². The molecule has 0 bridgehead atoms. The fraction of sp³-hybridized carbons (Fsp3) is 0.750. The van der Waals surface area contributed by atoms with E-state index in [1.54, 1.807) is 0 Å². The molecule has 1 aliphatic rings. The number of piperidine rings is 1. The van der Waals surface area contributed by atoms with Gasteiger partial charge in [-0.25, -0.2) is 4.98 Å². The Morgan fingerprint density at radius 1 is 1.56 bits per heavy atom. The van der Waals surface area contributed by atoms with Crippen molar-refractivity contribution >= 4 is 5.95 Å². The van der Waals surface area contributed by atoms with E-state index in [0.29, 0.717) is 6.04 Å². The number of imidazole rings is 1. The molecule has 0 aromatic carbocycles. The zero-order valence-corrected chi connectivity index (χ0v) is 10.5. The van der Waals surface area contributed by atoms with E-state index in [4.69, 9.17) is 0 Å². The summed E-state index contributed by atoms with van der Waals surface area (Å²) in [5, 5.41) is 3.37. The Bertz CT molecular complexity index is 345. The molecule has 4 nitrogen and oxygen atoms in total. The molecule has 0 spiro atoms. The summed E-state index contributed by atoms with van der Waals surface area (Å²) in [6, 6.07) is 0.607. The first-order chi connectivity index (χ1) is 7.74. The summed E-state index contributed by atoms with van der Waals surface area (Å²) < 4.78 is 2.24. The Labute approximate surface area is 97.7 Å². The normalized spacial score (nSPS) is 21.4. The summed E-state index contributed by atoms with van der Waals surface area (Å²) in [5.74, 6) is 1.14. The first kappa shape index (κ1) is 11.5. The Kier molecular flexibility index (Phi) is 3.49. The summed E-state index contributed by atoms with van der Waals surface area (Å²) in [6.45, 7) is 7.44. The van der Waals surface area contributed by atoms with Crippen molar-refractivity contribution in [3.8, 4) is 0 Å². The number of nitrogens with zero attached hydrogens (tertiary/aromatic N) is 3. The molecule has 0 saturated carbocycles. The molecule has 0 radical (unpaired) electrons. The van der Waals surface area contributed by atoms with Crippen molar-refractivity contribution in [1.82, 2.24) is 14.9 Å². The smallest absolute Gasteiger partial charge is 0.205 e. The molecule has 2 heterocycles. The van der Waals surface area contributed by atoms with Gasteiger partial charge in [-0.05, 0) is 33.7 Å². The number of hydrogen-bond donors (Lipinski definition) is 1. The van der Waals surface area contributed by atoms with Crippen LogP contribution < -0.4 is 10.2 Å². The van der Waals surface area contributed by atoms with E-state index in [9.17, 15) is 0 Å². The second kappa shape index (κ2) is 4.87. The van der Waals surface area contributed by atoms with Gasteiger partial charge in [-0.3, -0.25) is 0 Å². The van der Waals surface area contributed by atoms with Gasteiger partial charge in [0.1, 0.15) is 0 Å². The first-order valence-corrected chi connectivity index (χ1v) is 6.20. The number of rotatable bonds is 3. The lowest BCUT2D eigenvalue weighted by Crippen LogP contribution is -2.45. The predicted octanol–water partition coefficient (Wildman–Crippen LogP) is 1.40. The van der Waals surface area contributed by atoms with Gasteiger partial charge in [-0.1, -0.05) is 0 Å². The van der Waals surface area contributed by atoms with Crippen molar-refractivity contribution in [2.24, 2.45) is 0 Å². The van der Waals surface area contributed by atoms with Crippen molar-refractivity contribution in [2.75, 3.05) is 25.0 Å². The molecule has 1 atom stereocenters. The van der Waals surface area contributed by atoms with E-state index in [1.807, 2.05) is 7.05 Å². The molecule has 1 fully saturated rings. The van der Waals surface area contributed by atoms with Crippen LogP contribution in [-0.4, -0.2) is 35.7 Å². The topological polar surface area (TPSA) is 33.1 Å². The average Bonchev–Trinajstić information content (AvgIpc) is 2.70. The fourth-order valence-electron chi connectivity index (χ4n) is 2.41. The number of aromatic nitrogens is 2. The molecule has 0 amide bonds. The van der Waals surface area contributed by atoms with Crippen LogP contribution in [0.1, 0.15) is 25.5 Å². The van der Waals surface area contributed by atoms with Crippen LogP contribution in [0.5, 0.6) is 0 Å². The minimum atomic E-state index is 0.607. The third-order valence-electron chi connectivity index (χ3n) is 3.33. The largest absolute Gasteiger partial charge is 0.341 e. The minimum Gasteiger partial charge on any atom is -0.341 e. The second-order valence-corrected chi connectivity index (χ2v) is 4.54. The van der Waals surface area contributed by atoms with E-state index < -0.39 is 0 Å². The van der Waals surface area contributed by atoms with E-state index in [0.717, 1.165) is 31.3 Å². The van der Waals surface area contributed by atoms with Gasteiger partial charge in [0.25, 0.3) is 0 Å². The molecule has 1 N–H and O–H groups in total. The molecule has 2 rings (SSSR count). The standard InChI is InChI=1S/C12H22N4/c1-4-15-8-10(2)14-12(15)16-7-5-6-11(9-16)13-3/h8,11,13H,4-7,9H2,1-3H3. The van der Waals surface area contributed by atoms with Gasteiger partial charge in [-0.15, -0.1) is 0 Å². The van der Waals surface area contributed by atoms with Crippen molar-refractivity contribution in [3.63, 3.8) is 0 Å². The number of aryl methyl sites for hydroxylation is 2. The maximum absolute atomic E-state index is 4.63. The van der Waals surface area contributed by atoms with Crippen LogP contribution in [0.25, 0.3) is 0 Å². The fourth-order valence-corrected chi connectivity index (χ4v) is 2.41. The van der Waals surface area contributed by atoms with Gasteiger partial charge < -0.3 is 14.8 Å². The number of nitrogens with one attached hydrogen (secondary N) is 1. The molecular weight excluding hydrogens is 200 g/mol. The van der Waals surface area contributed by atoms with Crippen molar-refractivity contribution < 1.29 is 0 Å². The van der Waals surface area contributed by atoms with E-state index in [-0.39, 0.29) is 0 Å². The van der Waals surface area contributed by atoms with Crippen LogP contribution in [0.4, 0.5) is 5.95 Å². The van der Waals surface area contributed by atoms with Crippen LogP contribution >= 0.6 is 0 Å². The molecule has 0 aliphatic carbocycles. The third-order valence-corrected chi connectivity index (χ3v) is 3.33.